The van der Waals surface area contributed by atoms with Crippen LogP contribution >= 0.6 is 0 Å². The van der Waals surface area contributed by atoms with Gasteiger partial charge in [0.15, 0.2) is 0 Å². The molecule has 0 unspecified atom stereocenters. The van der Waals surface area contributed by atoms with Crippen LogP contribution in [0.3, 0.4) is 0 Å². The predicted octanol–water partition coefficient (Wildman–Crippen LogP) is -0.290. The van der Waals surface area contributed by atoms with E-state index in [1.807, 2.05) is 6.08 Å². The molecule has 2 atom stereocenters. The number of nitrogen functional groups attached to an aromatic ring is 1. The second-order valence-electron chi connectivity index (χ2n) is 3.86. The minimum atomic E-state index is -0.432. The fourth-order valence-electron chi connectivity index (χ4n) is 1.95. The zero-order valence-corrected chi connectivity index (χ0v) is 8.55. The summed E-state index contributed by atoms with van der Waals surface area (Å²) >= 11 is 0. The Balaban J connectivity index is 2.36. The molecule has 1 aromatic heterocycles. The molecule has 0 bridgehead atoms. The minimum Gasteiger partial charge on any atom is -0.493 e. The van der Waals surface area contributed by atoms with E-state index < -0.39 is 5.56 Å². The minimum absolute atomic E-state index is 0.0290. The molecule has 1 aliphatic rings. The summed E-state index contributed by atoms with van der Waals surface area (Å²) in [6, 6.07) is 0. The molecule has 0 spiro atoms. The van der Waals surface area contributed by atoms with E-state index in [2.05, 4.69) is 9.97 Å². The fraction of sp³-hybridized carbons (Fsp3) is 0.400. The van der Waals surface area contributed by atoms with E-state index >= 15 is 0 Å². The Labute approximate surface area is 91.5 Å². The summed E-state index contributed by atoms with van der Waals surface area (Å²) in [4.78, 5) is 17.6. The third kappa shape index (κ3) is 1.79. The van der Waals surface area contributed by atoms with Gasteiger partial charge in [-0.25, -0.2) is 0 Å². The third-order valence-electron chi connectivity index (χ3n) is 2.73. The summed E-state index contributed by atoms with van der Waals surface area (Å²) in [7, 11) is 0. The van der Waals surface area contributed by atoms with Crippen molar-refractivity contribution in [2.24, 2.45) is 5.92 Å². The number of aromatic hydroxyl groups is 1. The zero-order chi connectivity index (χ0) is 11.7. The molecule has 0 amide bonds. The van der Waals surface area contributed by atoms with Crippen molar-refractivity contribution in [3.05, 3.63) is 28.1 Å². The van der Waals surface area contributed by atoms with Crippen molar-refractivity contribution in [2.45, 2.75) is 12.3 Å². The van der Waals surface area contributed by atoms with Crippen molar-refractivity contribution in [2.75, 3.05) is 12.3 Å². The van der Waals surface area contributed by atoms with Gasteiger partial charge in [-0.3, -0.25) is 9.78 Å². The molecule has 0 saturated heterocycles. The largest absolute Gasteiger partial charge is 0.493 e. The van der Waals surface area contributed by atoms with Gasteiger partial charge < -0.3 is 15.9 Å². The Hall–Kier alpha value is -1.82. The van der Waals surface area contributed by atoms with E-state index in [1.165, 1.54) is 0 Å². The molecular formula is C10H13N3O3. The number of nitrogens with zero attached hydrogens (tertiary/aromatic N) is 1. The Bertz CT molecular complexity index is 481. The predicted molar refractivity (Wildman–Crippen MR) is 58.0 cm³/mol. The highest BCUT2D eigenvalue weighted by molar-refractivity contribution is 5.35. The molecule has 2 rings (SSSR count). The molecule has 0 aliphatic heterocycles. The number of nitrogens with one attached hydrogen (secondary N) is 1. The number of allylic oxidation sites excluding steroid dienone is 1. The monoisotopic (exact) mass is 223 g/mol. The number of H-pyrrole nitrogens is 1. The van der Waals surface area contributed by atoms with E-state index in [0.717, 1.165) is 0 Å². The van der Waals surface area contributed by atoms with Crippen LogP contribution in [0.2, 0.25) is 0 Å². The summed E-state index contributed by atoms with van der Waals surface area (Å²) in [6.45, 7) is 0.0358. The summed E-state index contributed by atoms with van der Waals surface area (Å²) < 4.78 is 0. The Kier molecular flexibility index (Phi) is 2.66. The molecule has 0 fully saturated rings. The maximum absolute atomic E-state index is 11.6. The van der Waals surface area contributed by atoms with Crippen LogP contribution in [0.4, 0.5) is 5.95 Å². The molecule has 86 valence electrons. The van der Waals surface area contributed by atoms with Crippen molar-refractivity contribution >= 4 is 5.95 Å². The molecule has 1 heterocycles. The molecule has 0 saturated carbocycles. The standard InChI is InChI=1S/C10H13N3O3/c11-10-12-8(15)7(9(16)13-10)6-2-1-5(3-6)4-14/h1-2,5-6,14H,3-4H2,(H4,11,12,13,15,16)/t5-,6+/m0/s1. The van der Waals surface area contributed by atoms with Crippen molar-refractivity contribution in [3.63, 3.8) is 0 Å². The van der Waals surface area contributed by atoms with E-state index in [4.69, 9.17) is 10.8 Å². The molecule has 6 heteroatoms. The van der Waals surface area contributed by atoms with Crippen molar-refractivity contribution in [1.82, 2.24) is 9.97 Å². The number of hydrogen-bond acceptors (Lipinski definition) is 5. The van der Waals surface area contributed by atoms with Crippen LogP contribution in [-0.2, 0) is 0 Å². The van der Waals surface area contributed by atoms with E-state index in [0.29, 0.717) is 6.42 Å². The van der Waals surface area contributed by atoms with Crippen LogP contribution in [0.15, 0.2) is 16.9 Å². The van der Waals surface area contributed by atoms with Crippen LogP contribution in [0.25, 0.3) is 0 Å². The number of anilines is 1. The molecule has 16 heavy (non-hydrogen) atoms. The molecule has 5 N–H and O–H groups in total. The molecule has 1 aliphatic carbocycles. The highest BCUT2D eigenvalue weighted by Gasteiger charge is 2.25. The van der Waals surface area contributed by atoms with E-state index in [9.17, 15) is 9.90 Å². The number of aliphatic hydroxyl groups is 1. The highest BCUT2D eigenvalue weighted by Crippen LogP contribution is 2.33. The number of hydrogen-bond donors (Lipinski definition) is 4. The summed E-state index contributed by atoms with van der Waals surface area (Å²) in [5.41, 5.74) is 5.07. The number of aromatic amines is 1. The van der Waals surface area contributed by atoms with Crippen molar-refractivity contribution in [3.8, 4) is 5.88 Å². The first kappa shape index (κ1) is 10.7. The van der Waals surface area contributed by atoms with Gasteiger partial charge in [0.2, 0.25) is 11.8 Å². The molecule has 6 nitrogen and oxygen atoms in total. The van der Waals surface area contributed by atoms with Gasteiger partial charge in [0.05, 0.1) is 5.56 Å². The van der Waals surface area contributed by atoms with Gasteiger partial charge in [-0.05, 0) is 6.42 Å². The number of rotatable bonds is 2. The SMILES string of the molecule is Nc1nc(O)c([C@@H]2C=C[C@H](CO)C2)c(=O)[nH]1. The second-order valence-corrected chi connectivity index (χ2v) is 3.86. The van der Waals surface area contributed by atoms with Crippen LogP contribution < -0.4 is 11.3 Å². The zero-order valence-electron chi connectivity index (χ0n) is 8.55. The Morgan fingerprint density at radius 3 is 2.88 bits per heavy atom. The highest BCUT2D eigenvalue weighted by atomic mass is 16.3. The van der Waals surface area contributed by atoms with Gasteiger partial charge in [-0.15, -0.1) is 0 Å². The third-order valence-corrected chi connectivity index (χ3v) is 2.73. The Morgan fingerprint density at radius 1 is 1.56 bits per heavy atom. The molecular weight excluding hydrogens is 210 g/mol. The second kappa shape index (κ2) is 3.97. The first-order valence-electron chi connectivity index (χ1n) is 4.99. The average molecular weight is 223 g/mol. The van der Waals surface area contributed by atoms with Gasteiger partial charge in [-0.2, -0.15) is 4.98 Å². The van der Waals surface area contributed by atoms with Crippen LogP contribution in [0.5, 0.6) is 5.88 Å². The first-order chi connectivity index (χ1) is 7.61. The van der Waals surface area contributed by atoms with Gasteiger partial charge in [0.1, 0.15) is 0 Å². The number of aromatic nitrogens is 2. The van der Waals surface area contributed by atoms with Gasteiger partial charge in [0, 0.05) is 18.4 Å². The average Bonchev–Trinajstić information content (AvgIpc) is 2.64. The van der Waals surface area contributed by atoms with Gasteiger partial charge in [0.25, 0.3) is 5.56 Å². The fourth-order valence-corrected chi connectivity index (χ4v) is 1.95. The summed E-state index contributed by atoms with van der Waals surface area (Å²) in [5, 5.41) is 18.6. The lowest BCUT2D eigenvalue weighted by molar-refractivity contribution is 0.248. The maximum atomic E-state index is 11.6. The molecule has 0 aromatic carbocycles. The van der Waals surface area contributed by atoms with Crippen LogP contribution in [0, 0.1) is 5.92 Å². The van der Waals surface area contributed by atoms with Crippen molar-refractivity contribution < 1.29 is 10.2 Å². The Morgan fingerprint density at radius 2 is 2.31 bits per heavy atom. The smallest absolute Gasteiger partial charge is 0.259 e. The topological polar surface area (TPSA) is 112 Å². The quantitative estimate of drug-likeness (QED) is 0.515. The van der Waals surface area contributed by atoms with Gasteiger partial charge in [-0.1, -0.05) is 12.2 Å². The van der Waals surface area contributed by atoms with Crippen LogP contribution in [0.1, 0.15) is 17.9 Å². The van der Waals surface area contributed by atoms with E-state index in [-0.39, 0.29) is 35.8 Å². The normalized spacial score (nSPS) is 23.8. The first-order valence-corrected chi connectivity index (χ1v) is 4.99. The van der Waals surface area contributed by atoms with E-state index in [1.54, 1.807) is 6.08 Å². The lowest BCUT2D eigenvalue weighted by Crippen LogP contribution is -2.18. The maximum Gasteiger partial charge on any atom is 0.259 e. The molecule has 1 aromatic rings. The van der Waals surface area contributed by atoms with Gasteiger partial charge >= 0.3 is 0 Å². The summed E-state index contributed by atoms with van der Waals surface area (Å²) in [6.07, 6.45) is 4.22. The number of nitrogens with two attached hydrogens (primary N) is 1. The lowest BCUT2D eigenvalue weighted by atomic mass is 9.97. The molecule has 0 radical (unpaired) electrons. The summed E-state index contributed by atoms with van der Waals surface area (Å²) in [5.74, 6) is -0.628. The van der Waals surface area contributed by atoms with Crippen molar-refractivity contribution in [1.29, 1.82) is 0 Å². The number of aliphatic hydroxyl groups excluding tert-OH is 1. The van der Waals surface area contributed by atoms with Crippen LogP contribution in [-0.4, -0.2) is 26.8 Å². The lowest BCUT2D eigenvalue weighted by Gasteiger charge is -2.10.